The molecule has 0 saturated carbocycles. The van der Waals surface area contributed by atoms with E-state index in [-0.39, 0.29) is 5.92 Å². The number of aromatic nitrogens is 4. The minimum Gasteiger partial charge on any atom is -0.313 e. The van der Waals surface area contributed by atoms with Crippen LogP contribution in [0.4, 0.5) is 11.4 Å². The van der Waals surface area contributed by atoms with Crippen LogP contribution in [0, 0.1) is 0 Å². The third kappa shape index (κ3) is 5.58. The molecule has 5 heteroatoms. The summed E-state index contributed by atoms with van der Waals surface area (Å²) in [5, 5.41) is 2.53. The monoisotopic (exact) mass is 769 g/mol. The molecule has 4 heterocycles. The molecule has 0 spiro atoms. The molecule has 1 unspecified atom stereocenters. The number of nitrogens with zero attached hydrogens (tertiary/aromatic N) is 5. The molecule has 5 nitrogen and oxygen atoms in total. The predicted molar refractivity (Wildman–Crippen MR) is 246 cm³/mol. The van der Waals surface area contributed by atoms with Gasteiger partial charge in [-0.15, -0.1) is 0 Å². The first-order valence-corrected chi connectivity index (χ1v) is 20.8. The van der Waals surface area contributed by atoms with Crippen molar-refractivity contribution >= 4 is 38.9 Å². The largest absolute Gasteiger partial charge is 0.313 e. The van der Waals surface area contributed by atoms with Crippen LogP contribution in [0.3, 0.4) is 0 Å². The summed E-state index contributed by atoms with van der Waals surface area (Å²) in [5.41, 5.74) is 18.8. The van der Waals surface area contributed by atoms with Gasteiger partial charge >= 0.3 is 0 Å². The van der Waals surface area contributed by atoms with Gasteiger partial charge in [0, 0.05) is 68.4 Å². The van der Waals surface area contributed by atoms with Crippen LogP contribution in [0.2, 0.25) is 0 Å². The molecule has 0 bridgehead atoms. The number of hydrogen-bond acceptors (Lipinski definition) is 4. The lowest BCUT2D eigenvalue weighted by Gasteiger charge is -2.24. The number of allylic oxidation sites excluding steroid dienone is 5. The van der Waals surface area contributed by atoms with Gasteiger partial charge in [-0.25, -0.2) is 9.97 Å². The third-order valence-corrected chi connectivity index (χ3v) is 12.5. The van der Waals surface area contributed by atoms with Crippen molar-refractivity contribution in [3.63, 3.8) is 0 Å². The quantitative estimate of drug-likeness (QED) is 0.169. The van der Waals surface area contributed by atoms with E-state index < -0.39 is 0 Å². The van der Waals surface area contributed by atoms with E-state index >= 15 is 0 Å². The fraction of sp³-hybridized carbons (Fsp3) is 0.0727. The standard InChI is InChI=1S/C55H39N5/c1-3-13-36(14-4-1)47-34-48(58-55(57-47)38-15-5-2-6-16-38)37-25-28-41(29-26-37)59-51-22-10-8-19-45(51)54-43(20-12-24-53(54)59)39-27-30-52-46(33-39)44-18-7-9-21-50(44)60(52)49-23-11-17-40-35-56-32-31-42(40)49/h1-10,12-16,18,20-35,45H,11,17,19H2. The lowest BCUT2D eigenvalue weighted by molar-refractivity contribution is 0.821. The van der Waals surface area contributed by atoms with Gasteiger partial charge in [-0.2, -0.15) is 0 Å². The average molecular weight is 770 g/mol. The van der Waals surface area contributed by atoms with Crippen molar-refractivity contribution < 1.29 is 0 Å². The first-order chi connectivity index (χ1) is 29.8. The average Bonchev–Trinajstić information content (AvgIpc) is 3.84. The molecule has 0 saturated heterocycles. The molecule has 12 rings (SSSR count). The summed E-state index contributed by atoms with van der Waals surface area (Å²) in [4.78, 5) is 17.0. The van der Waals surface area contributed by atoms with Gasteiger partial charge in [0.15, 0.2) is 5.82 Å². The van der Waals surface area contributed by atoms with Gasteiger partial charge in [-0.05, 0) is 96.1 Å². The minimum absolute atomic E-state index is 0.249. The first kappa shape index (κ1) is 34.4. The molecule has 1 atom stereocenters. The van der Waals surface area contributed by atoms with Crippen LogP contribution < -0.4 is 4.90 Å². The molecular formula is C55H39N5. The number of anilines is 2. The Morgan fingerprint density at radius 1 is 0.583 bits per heavy atom. The summed E-state index contributed by atoms with van der Waals surface area (Å²) < 4.78 is 2.46. The van der Waals surface area contributed by atoms with Crippen LogP contribution in [0.15, 0.2) is 200 Å². The molecular weight excluding hydrogens is 731 g/mol. The Kier molecular flexibility index (Phi) is 8.05. The minimum atomic E-state index is 0.249. The van der Waals surface area contributed by atoms with Gasteiger partial charge < -0.3 is 9.47 Å². The van der Waals surface area contributed by atoms with Gasteiger partial charge in [-0.3, -0.25) is 4.98 Å². The van der Waals surface area contributed by atoms with Crippen molar-refractivity contribution in [3.05, 3.63) is 217 Å². The molecule has 2 aliphatic carbocycles. The van der Waals surface area contributed by atoms with E-state index in [0.29, 0.717) is 0 Å². The van der Waals surface area contributed by atoms with Crippen LogP contribution in [0.25, 0.3) is 72.5 Å². The molecule has 0 radical (unpaired) electrons. The predicted octanol–water partition coefficient (Wildman–Crippen LogP) is 13.6. The summed E-state index contributed by atoms with van der Waals surface area (Å²) in [5.74, 6) is 0.967. The van der Waals surface area contributed by atoms with Crippen molar-refractivity contribution in [3.8, 4) is 45.0 Å². The molecule has 0 amide bonds. The van der Waals surface area contributed by atoms with E-state index in [1.165, 1.54) is 66.7 Å². The SMILES string of the molecule is C1=CCC2C(=C1)N(c1ccc(-c3cc(-c4ccccc4)nc(-c4ccccc4)n3)cc1)c1cccc(-c3ccc4c(c3)c3ccccc3n4C3=CCCc4cnccc43)c12. The fourth-order valence-corrected chi connectivity index (χ4v) is 9.72. The molecule has 60 heavy (non-hydrogen) atoms. The summed E-state index contributed by atoms with van der Waals surface area (Å²) in [6, 6.07) is 56.6. The third-order valence-electron chi connectivity index (χ3n) is 12.5. The topological polar surface area (TPSA) is 46.8 Å². The second-order valence-corrected chi connectivity index (χ2v) is 15.9. The number of aryl methyl sites for hydroxylation is 1. The second kappa shape index (κ2) is 14.0. The second-order valence-electron chi connectivity index (χ2n) is 15.9. The molecule has 1 aliphatic heterocycles. The van der Waals surface area contributed by atoms with E-state index in [2.05, 4.69) is 172 Å². The summed E-state index contributed by atoms with van der Waals surface area (Å²) >= 11 is 0. The zero-order valence-electron chi connectivity index (χ0n) is 32.9. The van der Waals surface area contributed by atoms with Crippen molar-refractivity contribution in [1.82, 2.24) is 19.5 Å². The molecule has 3 aliphatic rings. The highest BCUT2D eigenvalue weighted by Crippen LogP contribution is 2.54. The van der Waals surface area contributed by atoms with Gasteiger partial charge in [0.05, 0.1) is 28.1 Å². The maximum absolute atomic E-state index is 5.10. The zero-order valence-corrected chi connectivity index (χ0v) is 32.9. The van der Waals surface area contributed by atoms with E-state index in [9.17, 15) is 0 Å². The number of para-hydroxylation sites is 1. The number of fused-ring (bicyclic) bond motifs is 7. The summed E-state index contributed by atoms with van der Waals surface area (Å²) in [6.45, 7) is 0. The maximum Gasteiger partial charge on any atom is 0.160 e. The van der Waals surface area contributed by atoms with Crippen molar-refractivity contribution in [1.29, 1.82) is 0 Å². The van der Waals surface area contributed by atoms with Crippen molar-refractivity contribution in [2.24, 2.45) is 0 Å². The molecule has 3 aromatic heterocycles. The fourth-order valence-electron chi connectivity index (χ4n) is 9.72. The Labute approximate surface area is 349 Å². The van der Waals surface area contributed by atoms with E-state index in [1.807, 2.05) is 36.7 Å². The summed E-state index contributed by atoms with van der Waals surface area (Å²) in [7, 11) is 0. The molecule has 284 valence electrons. The van der Waals surface area contributed by atoms with Gasteiger partial charge in [-0.1, -0.05) is 127 Å². The Morgan fingerprint density at radius 3 is 2.15 bits per heavy atom. The van der Waals surface area contributed by atoms with Gasteiger partial charge in [0.2, 0.25) is 0 Å². The Morgan fingerprint density at radius 2 is 1.32 bits per heavy atom. The number of pyridine rings is 1. The lowest BCUT2D eigenvalue weighted by Crippen LogP contribution is -2.14. The van der Waals surface area contributed by atoms with Gasteiger partial charge in [0.1, 0.15) is 0 Å². The zero-order chi connectivity index (χ0) is 39.6. The molecule has 0 N–H and O–H groups in total. The highest BCUT2D eigenvalue weighted by molar-refractivity contribution is 6.12. The van der Waals surface area contributed by atoms with Crippen LogP contribution in [0.5, 0.6) is 0 Å². The smallest absolute Gasteiger partial charge is 0.160 e. The highest BCUT2D eigenvalue weighted by Gasteiger charge is 2.37. The molecule has 6 aromatic carbocycles. The first-order valence-electron chi connectivity index (χ1n) is 20.8. The van der Waals surface area contributed by atoms with E-state index in [0.717, 1.165) is 58.9 Å². The molecule has 0 fully saturated rings. The normalized spacial score (nSPS) is 15.4. The van der Waals surface area contributed by atoms with E-state index in [1.54, 1.807) is 0 Å². The number of rotatable bonds is 6. The van der Waals surface area contributed by atoms with Crippen molar-refractivity contribution in [2.75, 3.05) is 4.90 Å². The lowest BCUT2D eigenvalue weighted by atomic mass is 9.86. The summed E-state index contributed by atoms with van der Waals surface area (Å²) in [6.07, 6.45) is 16.2. The number of hydrogen-bond donors (Lipinski definition) is 0. The number of benzene rings is 6. The molecule has 9 aromatic rings. The Balaban J connectivity index is 0.951. The van der Waals surface area contributed by atoms with Crippen LogP contribution in [0.1, 0.15) is 35.4 Å². The Hall–Kier alpha value is -7.63. The van der Waals surface area contributed by atoms with Crippen LogP contribution in [-0.4, -0.2) is 19.5 Å². The Bertz CT molecular complexity index is 3170. The van der Waals surface area contributed by atoms with Crippen LogP contribution in [-0.2, 0) is 6.42 Å². The maximum atomic E-state index is 5.10. The van der Waals surface area contributed by atoms with E-state index in [4.69, 9.17) is 9.97 Å². The van der Waals surface area contributed by atoms with Gasteiger partial charge in [0.25, 0.3) is 0 Å². The van der Waals surface area contributed by atoms with Crippen molar-refractivity contribution in [2.45, 2.75) is 25.2 Å². The van der Waals surface area contributed by atoms with Crippen LogP contribution >= 0.6 is 0 Å². The highest BCUT2D eigenvalue weighted by atomic mass is 15.2.